The zero-order valence-corrected chi connectivity index (χ0v) is 32.5. The molecule has 9 N–H and O–H groups in total. The average Bonchev–Trinajstić information content (AvgIpc) is 4.00. The molecule has 1 aromatic heterocycles. The molecule has 0 bridgehead atoms. The van der Waals surface area contributed by atoms with Crippen molar-refractivity contribution in [3.63, 3.8) is 0 Å². The number of hydrogen-bond donors (Lipinski definition) is 8. The first kappa shape index (κ1) is 44.2. The lowest BCUT2D eigenvalue weighted by molar-refractivity contribution is -0.148. The molecule has 310 valence electrons. The summed E-state index contributed by atoms with van der Waals surface area (Å²) in [6, 6.07) is 2.00. The van der Waals surface area contributed by atoms with Gasteiger partial charge < -0.3 is 52.0 Å². The number of carboxylic acids is 2. The lowest BCUT2D eigenvalue weighted by Crippen LogP contribution is -2.59. The summed E-state index contributed by atoms with van der Waals surface area (Å²) >= 11 is 1.48. The molecule has 2 saturated heterocycles. The second-order valence-electron chi connectivity index (χ2n) is 14.0. The van der Waals surface area contributed by atoms with Gasteiger partial charge in [-0.25, -0.2) is 9.78 Å². The van der Waals surface area contributed by atoms with Crippen molar-refractivity contribution in [3.8, 4) is 0 Å². The van der Waals surface area contributed by atoms with Crippen LogP contribution in [-0.2, 0) is 51.2 Å². The Morgan fingerprint density at radius 2 is 1.51 bits per heavy atom. The van der Waals surface area contributed by atoms with Crippen LogP contribution in [0.25, 0.3) is 0 Å². The van der Waals surface area contributed by atoms with Crippen LogP contribution in [0.4, 0.5) is 0 Å². The molecule has 1 aromatic carbocycles. The van der Waals surface area contributed by atoms with Gasteiger partial charge in [-0.05, 0) is 56.1 Å². The number of thioether (sulfide) groups is 1. The van der Waals surface area contributed by atoms with Crippen LogP contribution >= 0.6 is 11.8 Å². The van der Waals surface area contributed by atoms with Gasteiger partial charge in [-0.15, -0.1) is 0 Å². The van der Waals surface area contributed by atoms with E-state index in [1.807, 2.05) is 6.26 Å². The molecule has 19 nitrogen and oxygen atoms in total. The van der Waals surface area contributed by atoms with Crippen LogP contribution in [0.3, 0.4) is 0 Å². The van der Waals surface area contributed by atoms with E-state index >= 15 is 0 Å². The number of benzene rings is 1. The van der Waals surface area contributed by atoms with Crippen molar-refractivity contribution < 1.29 is 48.6 Å². The summed E-state index contributed by atoms with van der Waals surface area (Å²) in [6.07, 6.45) is 5.67. The van der Waals surface area contributed by atoms with Crippen molar-refractivity contribution in [1.29, 1.82) is 0 Å². The summed E-state index contributed by atoms with van der Waals surface area (Å²) in [5.41, 5.74) is 7.13. The molecular formula is C37H51N9O10S. The monoisotopic (exact) mass is 813 g/mol. The van der Waals surface area contributed by atoms with Crippen molar-refractivity contribution >= 4 is 59.1 Å². The first-order chi connectivity index (χ1) is 27.3. The van der Waals surface area contributed by atoms with Gasteiger partial charge >= 0.3 is 11.9 Å². The highest BCUT2D eigenvalue weighted by atomic mass is 32.2. The van der Waals surface area contributed by atoms with Gasteiger partial charge in [0.1, 0.15) is 30.2 Å². The van der Waals surface area contributed by atoms with E-state index in [-0.39, 0.29) is 38.8 Å². The van der Waals surface area contributed by atoms with E-state index in [1.165, 1.54) is 34.1 Å². The number of imidazole rings is 1. The van der Waals surface area contributed by atoms with Crippen LogP contribution < -0.4 is 27.0 Å². The largest absolute Gasteiger partial charge is 0.481 e. The maximum absolute atomic E-state index is 14.3. The molecular weight excluding hydrogens is 763 g/mol. The van der Waals surface area contributed by atoms with E-state index in [1.54, 1.807) is 30.3 Å². The molecule has 0 radical (unpaired) electrons. The minimum absolute atomic E-state index is 0.0101. The van der Waals surface area contributed by atoms with Crippen molar-refractivity contribution in [2.75, 3.05) is 31.6 Å². The number of rotatable bonds is 21. The summed E-state index contributed by atoms with van der Waals surface area (Å²) < 4.78 is 0. The summed E-state index contributed by atoms with van der Waals surface area (Å²) in [7, 11) is 0. The average molecular weight is 814 g/mol. The van der Waals surface area contributed by atoms with Gasteiger partial charge in [-0.2, -0.15) is 11.8 Å². The number of amides is 6. The molecule has 2 aliphatic rings. The fraction of sp³-hybridized carbons (Fsp3) is 0.541. The second kappa shape index (κ2) is 21.7. The highest BCUT2D eigenvalue weighted by Gasteiger charge is 2.40. The van der Waals surface area contributed by atoms with Crippen LogP contribution in [0.1, 0.15) is 56.2 Å². The summed E-state index contributed by atoms with van der Waals surface area (Å²) in [4.78, 5) is 114. The zero-order chi connectivity index (χ0) is 41.5. The molecule has 0 spiro atoms. The lowest BCUT2D eigenvalue weighted by Gasteiger charge is -2.30. The Balaban J connectivity index is 1.53. The number of nitrogens with zero attached hydrogens (tertiary/aromatic N) is 3. The number of carbonyl (C=O) groups is 8. The molecule has 57 heavy (non-hydrogen) atoms. The number of nitrogens with one attached hydrogen (secondary N) is 5. The van der Waals surface area contributed by atoms with Gasteiger partial charge in [0.2, 0.25) is 35.4 Å². The number of carboxylic acid groups (broad SMARTS) is 2. The third kappa shape index (κ3) is 13.0. The predicted octanol–water partition coefficient (Wildman–Crippen LogP) is -1.22. The molecule has 1 unspecified atom stereocenters. The maximum atomic E-state index is 14.3. The van der Waals surface area contributed by atoms with Crippen LogP contribution in [0.5, 0.6) is 0 Å². The molecule has 6 atom stereocenters. The zero-order valence-electron chi connectivity index (χ0n) is 31.7. The maximum Gasteiger partial charge on any atom is 0.326 e. The molecule has 2 aromatic rings. The van der Waals surface area contributed by atoms with Gasteiger partial charge in [0, 0.05) is 44.2 Å². The van der Waals surface area contributed by atoms with Crippen molar-refractivity contribution in [3.05, 3.63) is 54.1 Å². The van der Waals surface area contributed by atoms with Crippen LogP contribution in [0.15, 0.2) is 42.9 Å². The SMILES string of the molecule is CSCC[C@H](N)C(=O)N[C@@H](CCC(=O)O)C(=O)NC(Cc1cnc[nH]1)C(=O)N[C@@H](Cc1ccccc1)C(=O)N1CCC[C@H]1C(=O)NCC(=O)N1CCC[C@H]1C(=O)O. The molecule has 3 heterocycles. The Hall–Kier alpha value is -5.50. The lowest BCUT2D eigenvalue weighted by atomic mass is 10.0. The van der Waals surface area contributed by atoms with Gasteiger partial charge in [0.15, 0.2) is 0 Å². The topological polar surface area (TPSA) is 286 Å². The first-order valence-electron chi connectivity index (χ1n) is 18.8. The molecule has 4 rings (SSSR count). The van der Waals surface area contributed by atoms with Crippen LogP contribution in [0, 0.1) is 0 Å². The highest BCUT2D eigenvalue weighted by molar-refractivity contribution is 7.98. The van der Waals surface area contributed by atoms with Crippen molar-refractivity contribution in [1.82, 2.24) is 41.0 Å². The Morgan fingerprint density at radius 1 is 0.860 bits per heavy atom. The van der Waals surface area contributed by atoms with Crippen molar-refractivity contribution in [2.45, 2.75) is 94.0 Å². The highest BCUT2D eigenvalue weighted by Crippen LogP contribution is 2.21. The Kier molecular flexibility index (Phi) is 16.8. The van der Waals surface area contributed by atoms with Gasteiger partial charge in [0.25, 0.3) is 0 Å². The van der Waals surface area contributed by atoms with Gasteiger partial charge in [0.05, 0.1) is 18.9 Å². The minimum atomic E-state index is -1.36. The summed E-state index contributed by atoms with van der Waals surface area (Å²) in [5, 5.41) is 29.3. The Morgan fingerprint density at radius 3 is 2.16 bits per heavy atom. The predicted molar refractivity (Wildman–Crippen MR) is 206 cm³/mol. The van der Waals surface area contributed by atoms with E-state index in [2.05, 4.69) is 31.2 Å². The number of aliphatic carboxylic acids is 2. The fourth-order valence-corrected chi connectivity index (χ4v) is 7.31. The standard InChI is InChI=1S/C37H51N9O10S/c1-57-16-13-24(38)32(50)42-25(11-12-31(48)49)33(51)43-26(18-23-19-39-21-41-23)34(52)44-27(17-22-7-3-2-4-8-22)36(54)46-15-5-9-28(46)35(53)40-20-30(47)45-14-6-10-29(45)37(55)56/h2-4,7-8,19,21,24-29H,5-6,9-18,20,38H2,1H3,(H,39,41)(H,40,53)(H,42,50)(H,43,51)(H,44,52)(H,48,49)(H,55,56)/t24-,25-,26?,27-,28-,29-/m0/s1. The quantitative estimate of drug-likeness (QED) is 0.0735. The van der Waals surface area contributed by atoms with E-state index < -0.39 is 96.6 Å². The molecule has 0 aliphatic carbocycles. The third-order valence-corrected chi connectivity index (χ3v) is 10.5. The number of aromatic amines is 1. The van der Waals surface area contributed by atoms with Gasteiger partial charge in [-0.1, -0.05) is 30.3 Å². The number of nitrogens with two attached hydrogens (primary N) is 1. The minimum Gasteiger partial charge on any atom is -0.481 e. The molecule has 20 heteroatoms. The van der Waals surface area contributed by atoms with E-state index in [0.717, 1.165) is 0 Å². The number of hydrogen-bond acceptors (Lipinski definition) is 11. The first-order valence-corrected chi connectivity index (χ1v) is 20.2. The number of H-pyrrole nitrogens is 1. The van der Waals surface area contributed by atoms with Crippen LogP contribution in [-0.4, -0.2) is 145 Å². The van der Waals surface area contributed by atoms with E-state index in [4.69, 9.17) is 5.73 Å². The number of likely N-dealkylation sites (tertiary alicyclic amines) is 2. The molecule has 2 aliphatic heterocycles. The van der Waals surface area contributed by atoms with E-state index in [9.17, 15) is 48.6 Å². The van der Waals surface area contributed by atoms with E-state index in [0.29, 0.717) is 42.7 Å². The summed E-state index contributed by atoms with van der Waals surface area (Å²) in [5.74, 6) is -5.77. The Labute approximate surface area is 333 Å². The van der Waals surface area contributed by atoms with Crippen molar-refractivity contribution in [2.24, 2.45) is 5.73 Å². The van der Waals surface area contributed by atoms with Gasteiger partial charge in [-0.3, -0.25) is 33.6 Å². The normalized spacial score (nSPS) is 18.5. The Bertz CT molecular complexity index is 1730. The number of aromatic nitrogens is 2. The third-order valence-electron chi connectivity index (χ3n) is 9.87. The molecule has 6 amide bonds. The second-order valence-corrected chi connectivity index (χ2v) is 15.0. The summed E-state index contributed by atoms with van der Waals surface area (Å²) in [6.45, 7) is -0.0118. The smallest absolute Gasteiger partial charge is 0.326 e. The number of carbonyl (C=O) groups excluding carboxylic acids is 6. The fourth-order valence-electron chi connectivity index (χ4n) is 6.82. The van der Waals surface area contributed by atoms with Crippen LogP contribution in [0.2, 0.25) is 0 Å². The molecule has 0 saturated carbocycles. The molecule has 2 fully saturated rings.